The van der Waals surface area contributed by atoms with E-state index in [1.54, 1.807) is 35.2 Å². The molecule has 0 bridgehead atoms. The summed E-state index contributed by atoms with van der Waals surface area (Å²) < 4.78 is 0. The van der Waals surface area contributed by atoms with Crippen molar-refractivity contribution in [2.75, 3.05) is 17.2 Å². The molecule has 30 heavy (non-hydrogen) atoms. The lowest BCUT2D eigenvalue weighted by atomic mass is 10.0. The van der Waals surface area contributed by atoms with Gasteiger partial charge in [0.25, 0.3) is 5.91 Å². The van der Waals surface area contributed by atoms with E-state index < -0.39 is 5.91 Å². The Kier molecular flexibility index (Phi) is 6.15. The molecular weight excluding hydrogens is 384 g/mol. The predicted octanol–water partition coefficient (Wildman–Crippen LogP) is 2.29. The van der Waals surface area contributed by atoms with Gasteiger partial charge in [0, 0.05) is 49.4 Å². The summed E-state index contributed by atoms with van der Waals surface area (Å²) in [4.78, 5) is 49.3. The number of carbonyl (C=O) groups excluding carboxylic acids is 4. The van der Waals surface area contributed by atoms with Crippen LogP contribution in [0.3, 0.4) is 0 Å². The Morgan fingerprint density at radius 1 is 0.867 bits per heavy atom. The van der Waals surface area contributed by atoms with E-state index in [9.17, 15) is 19.2 Å². The van der Waals surface area contributed by atoms with E-state index in [-0.39, 0.29) is 17.7 Å². The molecule has 4 N–H and O–H groups in total. The summed E-state index contributed by atoms with van der Waals surface area (Å²) in [6, 6.07) is 10.1. The average Bonchev–Trinajstić information content (AvgIpc) is 2.87. The van der Waals surface area contributed by atoms with Gasteiger partial charge < -0.3 is 21.3 Å². The number of fused-ring (bicyclic) bond motifs is 1. The average molecular weight is 408 g/mol. The third-order valence-electron chi connectivity index (χ3n) is 4.83. The minimum absolute atomic E-state index is 0.208. The number of primary amides is 1. The number of carbonyl (C=O) groups is 4. The van der Waals surface area contributed by atoms with Crippen LogP contribution in [0.15, 0.2) is 36.4 Å². The second-order valence-electron chi connectivity index (χ2n) is 7.34. The largest absolute Gasteiger partial charge is 0.366 e. The third-order valence-corrected chi connectivity index (χ3v) is 4.83. The van der Waals surface area contributed by atoms with Crippen LogP contribution in [0.4, 0.5) is 11.4 Å². The first-order valence-corrected chi connectivity index (χ1v) is 9.64. The van der Waals surface area contributed by atoms with E-state index >= 15 is 0 Å². The van der Waals surface area contributed by atoms with E-state index in [0.29, 0.717) is 35.6 Å². The summed E-state index contributed by atoms with van der Waals surface area (Å²) in [5.74, 6) is -1.24. The Morgan fingerprint density at radius 3 is 2.07 bits per heavy atom. The van der Waals surface area contributed by atoms with Crippen LogP contribution in [0.5, 0.6) is 0 Å². The Bertz CT molecular complexity index is 998. The minimum atomic E-state index is -0.477. The molecule has 3 rings (SSSR count). The van der Waals surface area contributed by atoms with Crippen molar-refractivity contribution in [3.05, 3.63) is 58.7 Å². The molecular formula is C22H24N4O4. The zero-order valence-electron chi connectivity index (χ0n) is 17.0. The fourth-order valence-corrected chi connectivity index (χ4v) is 3.57. The lowest BCUT2D eigenvalue weighted by molar-refractivity contribution is -0.115. The summed E-state index contributed by atoms with van der Waals surface area (Å²) in [5, 5.41) is 5.31. The van der Waals surface area contributed by atoms with Crippen LogP contribution in [-0.4, -0.2) is 35.1 Å². The van der Waals surface area contributed by atoms with Crippen LogP contribution in [0, 0.1) is 0 Å². The lowest BCUT2D eigenvalue weighted by Gasteiger charge is -2.22. The topological polar surface area (TPSA) is 122 Å². The van der Waals surface area contributed by atoms with Crippen molar-refractivity contribution in [1.29, 1.82) is 0 Å². The van der Waals surface area contributed by atoms with Gasteiger partial charge in [0.15, 0.2) is 0 Å². The summed E-state index contributed by atoms with van der Waals surface area (Å²) in [5.41, 5.74) is 9.02. The van der Waals surface area contributed by atoms with Gasteiger partial charge in [0.1, 0.15) is 0 Å². The fourth-order valence-electron chi connectivity index (χ4n) is 3.57. The number of nitrogens with two attached hydrogens (primary N) is 1. The van der Waals surface area contributed by atoms with E-state index in [4.69, 9.17) is 5.73 Å². The van der Waals surface area contributed by atoms with Crippen LogP contribution in [0.25, 0.3) is 0 Å². The number of nitrogens with one attached hydrogen (secondary N) is 2. The van der Waals surface area contributed by atoms with Crippen LogP contribution in [0.1, 0.15) is 52.1 Å². The first-order valence-electron chi connectivity index (χ1n) is 9.64. The van der Waals surface area contributed by atoms with Crippen LogP contribution in [-0.2, 0) is 22.6 Å². The molecule has 0 aromatic heterocycles. The second kappa shape index (κ2) is 8.77. The van der Waals surface area contributed by atoms with Crippen molar-refractivity contribution in [1.82, 2.24) is 4.90 Å². The molecule has 0 radical (unpaired) electrons. The Balaban J connectivity index is 1.90. The van der Waals surface area contributed by atoms with Gasteiger partial charge >= 0.3 is 0 Å². The Hall–Kier alpha value is -3.68. The molecule has 0 unspecified atom stereocenters. The zero-order valence-corrected chi connectivity index (χ0v) is 17.0. The Labute approximate surface area is 174 Å². The van der Waals surface area contributed by atoms with Gasteiger partial charge in [-0.2, -0.15) is 0 Å². The highest BCUT2D eigenvalue weighted by Gasteiger charge is 2.22. The van der Waals surface area contributed by atoms with Crippen molar-refractivity contribution in [2.45, 2.75) is 33.2 Å². The van der Waals surface area contributed by atoms with Gasteiger partial charge in [0.2, 0.25) is 17.7 Å². The SMILES string of the molecule is CC(=O)Nc1cc(NC(C)=O)cc(C(=O)N2CCCc3cc(C(N)=O)ccc3C2)c1. The van der Waals surface area contributed by atoms with Crippen molar-refractivity contribution < 1.29 is 19.2 Å². The fraction of sp³-hybridized carbons (Fsp3) is 0.273. The smallest absolute Gasteiger partial charge is 0.254 e. The van der Waals surface area contributed by atoms with Gasteiger partial charge in [-0.3, -0.25) is 19.2 Å². The molecule has 0 fully saturated rings. The number of hydrogen-bond donors (Lipinski definition) is 3. The minimum Gasteiger partial charge on any atom is -0.366 e. The first kappa shape index (κ1) is 21.0. The number of hydrogen-bond acceptors (Lipinski definition) is 4. The van der Waals surface area contributed by atoms with Crippen molar-refractivity contribution in [3.8, 4) is 0 Å². The zero-order chi connectivity index (χ0) is 21.8. The molecule has 0 aliphatic carbocycles. The number of aryl methyl sites for hydroxylation is 1. The molecule has 0 atom stereocenters. The maximum absolute atomic E-state index is 13.2. The number of amides is 4. The van der Waals surface area contributed by atoms with Crippen LogP contribution >= 0.6 is 0 Å². The molecule has 1 heterocycles. The normalized spacial score (nSPS) is 13.1. The van der Waals surface area contributed by atoms with Crippen molar-refractivity contribution in [2.24, 2.45) is 5.73 Å². The van der Waals surface area contributed by atoms with E-state index in [1.807, 2.05) is 6.07 Å². The monoisotopic (exact) mass is 408 g/mol. The van der Waals surface area contributed by atoms with Crippen LogP contribution in [0.2, 0.25) is 0 Å². The molecule has 4 amide bonds. The molecule has 0 spiro atoms. The van der Waals surface area contributed by atoms with Crippen molar-refractivity contribution in [3.63, 3.8) is 0 Å². The molecule has 0 saturated heterocycles. The van der Waals surface area contributed by atoms with E-state index in [1.165, 1.54) is 13.8 Å². The molecule has 1 aliphatic rings. The van der Waals surface area contributed by atoms with Gasteiger partial charge in [-0.25, -0.2) is 0 Å². The maximum atomic E-state index is 13.2. The van der Waals surface area contributed by atoms with Crippen LogP contribution < -0.4 is 16.4 Å². The van der Waals surface area contributed by atoms with Gasteiger partial charge in [-0.15, -0.1) is 0 Å². The number of anilines is 2. The summed E-state index contributed by atoms with van der Waals surface area (Å²) in [6.07, 6.45) is 1.48. The van der Waals surface area contributed by atoms with Gasteiger partial charge in [-0.05, 0) is 54.3 Å². The van der Waals surface area contributed by atoms with E-state index in [0.717, 1.165) is 24.0 Å². The highest BCUT2D eigenvalue weighted by atomic mass is 16.2. The molecule has 2 aromatic carbocycles. The predicted molar refractivity (Wildman–Crippen MR) is 113 cm³/mol. The van der Waals surface area contributed by atoms with Gasteiger partial charge in [0.05, 0.1) is 0 Å². The second-order valence-corrected chi connectivity index (χ2v) is 7.34. The highest BCUT2D eigenvalue weighted by molar-refractivity contribution is 6.00. The standard InChI is InChI=1S/C22H24N4O4/c1-13(27)24-19-9-18(10-20(11-19)25-14(2)28)22(30)26-7-3-4-15-8-16(21(23)29)5-6-17(15)12-26/h5-6,8-11H,3-4,7,12H2,1-2H3,(H2,23,29)(H,24,27)(H,25,28). The van der Waals surface area contributed by atoms with Gasteiger partial charge in [-0.1, -0.05) is 6.07 Å². The summed E-state index contributed by atoms with van der Waals surface area (Å²) >= 11 is 0. The Morgan fingerprint density at radius 2 is 1.50 bits per heavy atom. The number of benzene rings is 2. The quantitative estimate of drug-likeness (QED) is 0.718. The summed E-state index contributed by atoms with van der Waals surface area (Å²) in [7, 11) is 0. The van der Waals surface area contributed by atoms with E-state index in [2.05, 4.69) is 10.6 Å². The molecule has 0 saturated carbocycles. The first-order chi connectivity index (χ1) is 14.2. The highest BCUT2D eigenvalue weighted by Crippen LogP contribution is 2.25. The molecule has 2 aromatic rings. The number of rotatable bonds is 4. The molecule has 8 heteroatoms. The number of nitrogens with zero attached hydrogens (tertiary/aromatic N) is 1. The molecule has 156 valence electrons. The third kappa shape index (κ3) is 5.02. The lowest BCUT2D eigenvalue weighted by Crippen LogP contribution is -2.31. The molecule has 1 aliphatic heterocycles. The maximum Gasteiger partial charge on any atom is 0.254 e. The molecule has 8 nitrogen and oxygen atoms in total. The van der Waals surface area contributed by atoms with Crippen molar-refractivity contribution >= 4 is 35.0 Å². The summed E-state index contributed by atoms with van der Waals surface area (Å²) in [6.45, 7) is 3.68.